The van der Waals surface area contributed by atoms with Crippen molar-refractivity contribution < 1.29 is 9.53 Å². The molecule has 1 aromatic carbocycles. The number of amides is 1. The van der Waals surface area contributed by atoms with Crippen molar-refractivity contribution >= 4 is 33.4 Å². The van der Waals surface area contributed by atoms with E-state index < -0.39 is 0 Å². The minimum absolute atomic E-state index is 0.243. The normalized spacial score (nSPS) is 11.0. The molecule has 1 N–H and O–H groups in total. The Labute approximate surface area is 166 Å². The van der Waals surface area contributed by atoms with Crippen molar-refractivity contribution in [1.29, 1.82) is 0 Å². The topological polar surface area (TPSA) is 81.9 Å². The summed E-state index contributed by atoms with van der Waals surface area (Å²) in [5, 5.41) is 8.64. The van der Waals surface area contributed by atoms with E-state index in [0.717, 1.165) is 38.6 Å². The molecule has 0 saturated carbocycles. The van der Waals surface area contributed by atoms with Crippen molar-refractivity contribution in [1.82, 2.24) is 19.7 Å². The number of hydrogen-bond donors (Lipinski definition) is 1. The maximum absolute atomic E-state index is 12.7. The van der Waals surface area contributed by atoms with Gasteiger partial charge >= 0.3 is 0 Å². The first-order chi connectivity index (χ1) is 13.5. The van der Waals surface area contributed by atoms with E-state index in [2.05, 4.69) is 20.4 Å². The van der Waals surface area contributed by atoms with Gasteiger partial charge in [-0.3, -0.25) is 14.8 Å². The molecule has 0 unspecified atom stereocenters. The van der Waals surface area contributed by atoms with Crippen LogP contribution >= 0.6 is 11.3 Å². The van der Waals surface area contributed by atoms with Crippen LogP contribution in [0.25, 0.3) is 22.3 Å². The van der Waals surface area contributed by atoms with Crippen molar-refractivity contribution in [2.24, 2.45) is 7.05 Å². The Morgan fingerprint density at radius 1 is 1.21 bits per heavy atom. The Morgan fingerprint density at radius 2 is 1.96 bits per heavy atom. The number of aromatic nitrogens is 4. The predicted molar refractivity (Wildman–Crippen MR) is 110 cm³/mol. The van der Waals surface area contributed by atoms with Gasteiger partial charge in [-0.2, -0.15) is 5.10 Å². The van der Waals surface area contributed by atoms with Crippen LogP contribution < -0.4 is 10.1 Å². The molecule has 0 aliphatic carbocycles. The van der Waals surface area contributed by atoms with Crippen LogP contribution in [0.1, 0.15) is 20.9 Å². The summed E-state index contributed by atoms with van der Waals surface area (Å²) < 4.78 is 6.90. The Kier molecular flexibility index (Phi) is 4.56. The first-order valence-electron chi connectivity index (χ1n) is 8.69. The largest absolute Gasteiger partial charge is 0.497 e. The second kappa shape index (κ2) is 7.05. The van der Waals surface area contributed by atoms with E-state index in [1.165, 1.54) is 11.3 Å². The molecular weight excluding hydrogens is 374 g/mol. The predicted octanol–water partition coefficient (Wildman–Crippen LogP) is 3.97. The Hall–Kier alpha value is -3.26. The number of nitrogens with zero attached hydrogens (tertiary/aromatic N) is 4. The van der Waals surface area contributed by atoms with Crippen LogP contribution in [0.15, 0.2) is 36.5 Å². The average molecular weight is 393 g/mol. The Morgan fingerprint density at radius 3 is 2.68 bits per heavy atom. The van der Waals surface area contributed by atoms with Crippen molar-refractivity contribution in [3.63, 3.8) is 0 Å². The quantitative estimate of drug-likeness (QED) is 0.567. The first kappa shape index (κ1) is 18.1. The van der Waals surface area contributed by atoms with Crippen molar-refractivity contribution in [3.8, 4) is 17.0 Å². The molecule has 0 aliphatic heterocycles. The van der Waals surface area contributed by atoms with E-state index in [-0.39, 0.29) is 5.91 Å². The number of rotatable bonds is 4. The third-order valence-corrected chi connectivity index (χ3v) is 5.39. The lowest BCUT2D eigenvalue weighted by atomic mass is 10.1. The summed E-state index contributed by atoms with van der Waals surface area (Å²) in [6.07, 6.45) is 1.56. The van der Waals surface area contributed by atoms with Gasteiger partial charge in [0.2, 0.25) is 0 Å². The fourth-order valence-electron chi connectivity index (χ4n) is 3.07. The molecule has 1 amide bonds. The lowest BCUT2D eigenvalue weighted by Gasteiger charge is -2.03. The lowest BCUT2D eigenvalue weighted by Crippen LogP contribution is -2.12. The van der Waals surface area contributed by atoms with Crippen LogP contribution in [0.2, 0.25) is 0 Å². The van der Waals surface area contributed by atoms with Gasteiger partial charge < -0.3 is 4.74 Å². The smallest absolute Gasteiger partial charge is 0.259 e. The molecule has 142 valence electrons. The van der Waals surface area contributed by atoms with Gasteiger partial charge in [-0.25, -0.2) is 9.97 Å². The van der Waals surface area contributed by atoms with Gasteiger partial charge in [-0.1, -0.05) is 0 Å². The van der Waals surface area contributed by atoms with Gasteiger partial charge in [0.15, 0.2) is 10.8 Å². The maximum atomic E-state index is 12.7. The minimum Gasteiger partial charge on any atom is -0.497 e. The van der Waals surface area contributed by atoms with Crippen LogP contribution in [0.5, 0.6) is 5.75 Å². The number of fused-ring (bicyclic) bond motifs is 1. The van der Waals surface area contributed by atoms with Crippen LogP contribution in [0, 0.1) is 13.8 Å². The SMILES string of the molecule is COc1ccc(-c2nc(NC(=O)c3cnc4c(c3)c(C)nn4C)sc2C)cc1. The standard InChI is InChI=1S/C20H19N5O2S/c1-11-16-9-14(10-21-18(16)25(3)24-11)19(26)23-20-22-17(12(2)28-20)13-5-7-15(27-4)8-6-13/h5-10H,1-4H3,(H,22,23,26). The second-order valence-corrected chi connectivity index (χ2v) is 7.61. The molecule has 0 fully saturated rings. The van der Waals surface area contributed by atoms with Gasteiger partial charge in [0.05, 0.1) is 24.1 Å². The molecule has 0 radical (unpaired) electrons. The van der Waals surface area contributed by atoms with E-state index in [9.17, 15) is 4.79 Å². The third kappa shape index (κ3) is 3.22. The number of nitrogens with one attached hydrogen (secondary N) is 1. The summed E-state index contributed by atoms with van der Waals surface area (Å²) in [4.78, 5) is 22.7. The molecule has 7 nitrogen and oxygen atoms in total. The van der Waals surface area contributed by atoms with Crippen molar-refractivity contribution in [2.75, 3.05) is 12.4 Å². The van der Waals surface area contributed by atoms with Crippen molar-refractivity contribution in [3.05, 3.63) is 52.7 Å². The number of methoxy groups -OCH3 is 1. The molecule has 8 heteroatoms. The zero-order valence-corrected chi connectivity index (χ0v) is 16.8. The number of carbonyl (C=O) groups is 1. The minimum atomic E-state index is -0.243. The molecule has 0 atom stereocenters. The van der Waals surface area contributed by atoms with Crippen molar-refractivity contribution in [2.45, 2.75) is 13.8 Å². The molecule has 0 saturated heterocycles. The molecule has 0 bridgehead atoms. The number of hydrogen-bond acceptors (Lipinski definition) is 6. The maximum Gasteiger partial charge on any atom is 0.259 e. The van der Waals surface area contributed by atoms with Gasteiger partial charge in [0, 0.05) is 29.1 Å². The molecular formula is C20H19N5O2S. The number of benzene rings is 1. The second-order valence-electron chi connectivity index (χ2n) is 6.41. The molecule has 0 aliphatic rings. The number of carbonyl (C=O) groups excluding carboxylic acids is 1. The highest BCUT2D eigenvalue weighted by molar-refractivity contribution is 7.16. The first-order valence-corrected chi connectivity index (χ1v) is 9.50. The monoisotopic (exact) mass is 393 g/mol. The number of thiazole rings is 1. The van der Waals surface area contributed by atoms with E-state index in [4.69, 9.17) is 4.74 Å². The van der Waals surface area contributed by atoms with Crippen LogP contribution in [-0.2, 0) is 7.05 Å². The highest BCUT2D eigenvalue weighted by Crippen LogP contribution is 2.31. The summed E-state index contributed by atoms with van der Waals surface area (Å²) in [5.74, 6) is 0.548. The van der Waals surface area contributed by atoms with E-state index in [1.807, 2.05) is 51.2 Å². The molecule has 4 aromatic rings. The zero-order valence-electron chi connectivity index (χ0n) is 16.0. The van der Waals surface area contributed by atoms with E-state index in [1.54, 1.807) is 18.0 Å². The lowest BCUT2D eigenvalue weighted by molar-refractivity contribution is 0.102. The Bertz CT molecular complexity index is 1180. The summed E-state index contributed by atoms with van der Waals surface area (Å²) in [7, 11) is 3.47. The molecule has 3 aromatic heterocycles. The van der Waals surface area contributed by atoms with Gasteiger partial charge in [-0.15, -0.1) is 11.3 Å². The highest BCUT2D eigenvalue weighted by atomic mass is 32.1. The number of ether oxygens (including phenoxy) is 1. The van der Waals surface area contributed by atoms with Gasteiger partial charge in [0.25, 0.3) is 5.91 Å². The van der Waals surface area contributed by atoms with E-state index in [0.29, 0.717) is 10.7 Å². The summed E-state index contributed by atoms with van der Waals surface area (Å²) in [6, 6.07) is 9.50. The summed E-state index contributed by atoms with van der Waals surface area (Å²) >= 11 is 1.44. The number of pyridine rings is 1. The van der Waals surface area contributed by atoms with Crippen LogP contribution in [0.3, 0.4) is 0 Å². The third-order valence-electron chi connectivity index (χ3n) is 4.51. The fraction of sp³-hybridized carbons (Fsp3) is 0.200. The summed E-state index contributed by atoms with van der Waals surface area (Å²) in [6.45, 7) is 3.89. The fourth-order valence-corrected chi connectivity index (χ4v) is 3.90. The Balaban J connectivity index is 1.59. The van der Waals surface area contributed by atoms with Crippen LogP contribution in [-0.4, -0.2) is 32.8 Å². The zero-order chi connectivity index (χ0) is 19.8. The molecule has 3 heterocycles. The van der Waals surface area contributed by atoms with Gasteiger partial charge in [-0.05, 0) is 44.2 Å². The molecule has 4 rings (SSSR count). The summed E-state index contributed by atoms with van der Waals surface area (Å²) in [5.41, 5.74) is 3.89. The molecule has 28 heavy (non-hydrogen) atoms. The molecule has 0 spiro atoms. The van der Waals surface area contributed by atoms with Gasteiger partial charge in [0.1, 0.15) is 5.75 Å². The average Bonchev–Trinajstić information content (AvgIpc) is 3.20. The number of aryl methyl sites for hydroxylation is 3. The van der Waals surface area contributed by atoms with E-state index >= 15 is 0 Å². The highest BCUT2D eigenvalue weighted by Gasteiger charge is 2.15. The van der Waals surface area contributed by atoms with Crippen LogP contribution in [0.4, 0.5) is 5.13 Å². The number of anilines is 1.